The third-order valence-corrected chi connectivity index (χ3v) is 3.83. The SMILES string of the molecule is CCOCC(=O)OCC(=O)Nc1cc(C(F)(F)F)ccc1N1CCCC1. The van der Waals surface area contributed by atoms with Crippen LogP contribution >= 0.6 is 0 Å². The van der Waals surface area contributed by atoms with Crippen molar-refractivity contribution in [2.45, 2.75) is 25.9 Å². The van der Waals surface area contributed by atoms with Gasteiger partial charge in [-0.05, 0) is 38.0 Å². The summed E-state index contributed by atoms with van der Waals surface area (Å²) >= 11 is 0. The monoisotopic (exact) mass is 374 g/mol. The molecule has 1 amide bonds. The predicted octanol–water partition coefficient (Wildman–Crippen LogP) is 2.82. The second-order valence-corrected chi connectivity index (χ2v) is 5.77. The number of alkyl halides is 3. The van der Waals surface area contributed by atoms with Crippen molar-refractivity contribution in [2.24, 2.45) is 0 Å². The smallest absolute Gasteiger partial charge is 0.416 e. The Morgan fingerprint density at radius 1 is 1.19 bits per heavy atom. The lowest BCUT2D eigenvalue weighted by molar-refractivity contribution is -0.151. The summed E-state index contributed by atoms with van der Waals surface area (Å²) in [6.45, 7) is 2.56. The zero-order valence-corrected chi connectivity index (χ0v) is 14.4. The van der Waals surface area contributed by atoms with E-state index in [1.54, 1.807) is 6.92 Å². The number of nitrogens with one attached hydrogen (secondary N) is 1. The summed E-state index contributed by atoms with van der Waals surface area (Å²) in [5.41, 5.74) is -0.291. The van der Waals surface area contributed by atoms with Gasteiger partial charge in [-0.3, -0.25) is 4.79 Å². The van der Waals surface area contributed by atoms with E-state index in [0.29, 0.717) is 25.4 Å². The third-order valence-electron chi connectivity index (χ3n) is 3.83. The van der Waals surface area contributed by atoms with Crippen LogP contribution in [0, 0.1) is 0 Å². The first-order valence-electron chi connectivity index (χ1n) is 8.30. The van der Waals surface area contributed by atoms with Gasteiger partial charge in [0, 0.05) is 19.7 Å². The fourth-order valence-corrected chi connectivity index (χ4v) is 2.61. The molecule has 1 N–H and O–H groups in total. The van der Waals surface area contributed by atoms with E-state index in [4.69, 9.17) is 9.47 Å². The van der Waals surface area contributed by atoms with E-state index in [-0.39, 0.29) is 12.3 Å². The molecule has 0 bridgehead atoms. The van der Waals surface area contributed by atoms with E-state index in [2.05, 4.69) is 5.32 Å². The van der Waals surface area contributed by atoms with E-state index in [1.807, 2.05) is 4.90 Å². The highest BCUT2D eigenvalue weighted by atomic mass is 19.4. The van der Waals surface area contributed by atoms with Crippen LogP contribution in [0.2, 0.25) is 0 Å². The average molecular weight is 374 g/mol. The quantitative estimate of drug-likeness (QED) is 0.744. The lowest BCUT2D eigenvalue weighted by Gasteiger charge is -2.23. The number of carbonyl (C=O) groups excluding carboxylic acids is 2. The van der Waals surface area contributed by atoms with Crippen molar-refractivity contribution in [1.29, 1.82) is 0 Å². The number of ether oxygens (including phenoxy) is 2. The number of esters is 1. The van der Waals surface area contributed by atoms with Crippen molar-refractivity contribution >= 4 is 23.3 Å². The molecule has 26 heavy (non-hydrogen) atoms. The molecule has 6 nitrogen and oxygen atoms in total. The van der Waals surface area contributed by atoms with Crippen LogP contribution < -0.4 is 10.2 Å². The highest BCUT2D eigenvalue weighted by Gasteiger charge is 2.32. The lowest BCUT2D eigenvalue weighted by atomic mass is 10.1. The fraction of sp³-hybridized carbons (Fsp3) is 0.529. The van der Waals surface area contributed by atoms with Gasteiger partial charge in [0.15, 0.2) is 6.61 Å². The molecule has 9 heteroatoms. The van der Waals surface area contributed by atoms with E-state index >= 15 is 0 Å². The highest BCUT2D eigenvalue weighted by Crippen LogP contribution is 2.36. The Bertz CT molecular complexity index is 643. The number of hydrogen-bond acceptors (Lipinski definition) is 5. The van der Waals surface area contributed by atoms with Crippen molar-refractivity contribution in [2.75, 3.05) is 43.1 Å². The molecule has 0 saturated carbocycles. The first-order chi connectivity index (χ1) is 12.3. The van der Waals surface area contributed by atoms with Crippen LogP contribution in [0.4, 0.5) is 24.5 Å². The van der Waals surface area contributed by atoms with Gasteiger partial charge in [-0.25, -0.2) is 4.79 Å². The van der Waals surface area contributed by atoms with E-state index in [1.165, 1.54) is 6.07 Å². The van der Waals surface area contributed by atoms with Crippen molar-refractivity contribution in [3.8, 4) is 0 Å². The molecule has 1 saturated heterocycles. The Labute approximate surface area is 149 Å². The number of halogens is 3. The third kappa shape index (κ3) is 5.62. The number of carbonyl (C=O) groups is 2. The van der Waals surface area contributed by atoms with E-state index < -0.39 is 30.2 Å². The Hall–Kier alpha value is -2.29. The largest absolute Gasteiger partial charge is 0.454 e. The number of hydrogen-bond donors (Lipinski definition) is 1. The van der Waals surface area contributed by atoms with Crippen LogP contribution in [0.15, 0.2) is 18.2 Å². The molecule has 2 rings (SSSR count). The van der Waals surface area contributed by atoms with Crippen LogP contribution in [0.3, 0.4) is 0 Å². The minimum Gasteiger partial charge on any atom is -0.454 e. The first kappa shape index (κ1) is 20.0. The number of benzene rings is 1. The summed E-state index contributed by atoms with van der Waals surface area (Å²) in [4.78, 5) is 25.2. The van der Waals surface area contributed by atoms with Crippen molar-refractivity contribution in [3.05, 3.63) is 23.8 Å². The Morgan fingerprint density at radius 2 is 1.88 bits per heavy atom. The van der Waals surface area contributed by atoms with Crippen LogP contribution in [-0.4, -0.2) is 44.8 Å². The maximum atomic E-state index is 13.0. The molecule has 1 aliphatic heterocycles. The summed E-state index contributed by atoms with van der Waals surface area (Å²) in [5.74, 6) is -1.43. The molecule has 0 spiro atoms. The van der Waals surface area contributed by atoms with Crippen molar-refractivity contribution in [1.82, 2.24) is 0 Å². The molecule has 1 fully saturated rings. The lowest BCUT2D eigenvalue weighted by Crippen LogP contribution is -2.25. The van der Waals surface area contributed by atoms with Crippen molar-refractivity contribution < 1.29 is 32.2 Å². The fourth-order valence-electron chi connectivity index (χ4n) is 2.61. The Kier molecular flexibility index (Phi) is 6.84. The average Bonchev–Trinajstić information content (AvgIpc) is 3.11. The number of amides is 1. The van der Waals surface area contributed by atoms with Crippen LogP contribution in [0.25, 0.3) is 0 Å². The van der Waals surface area contributed by atoms with Gasteiger partial charge in [0.25, 0.3) is 5.91 Å². The molecule has 1 aromatic carbocycles. The molecule has 1 aliphatic rings. The van der Waals surface area contributed by atoms with Gasteiger partial charge in [-0.2, -0.15) is 13.2 Å². The minimum atomic E-state index is -4.52. The Balaban J connectivity index is 2.09. The summed E-state index contributed by atoms with van der Waals surface area (Å²) < 4.78 is 48.5. The van der Waals surface area contributed by atoms with E-state index in [9.17, 15) is 22.8 Å². The molecule has 0 atom stereocenters. The van der Waals surface area contributed by atoms with Crippen LogP contribution in [0.1, 0.15) is 25.3 Å². The maximum absolute atomic E-state index is 13.0. The predicted molar refractivity (Wildman–Crippen MR) is 89.0 cm³/mol. The summed E-state index contributed by atoms with van der Waals surface area (Å²) in [6.07, 6.45) is -2.65. The van der Waals surface area contributed by atoms with Crippen molar-refractivity contribution in [3.63, 3.8) is 0 Å². The summed E-state index contributed by atoms with van der Waals surface area (Å²) in [5, 5.41) is 2.41. The van der Waals surface area contributed by atoms with Gasteiger partial charge in [-0.1, -0.05) is 0 Å². The van der Waals surface area contributed by atoms with Crippen LogP contribution in [0.5, 0.6) is 0 Å². The van der Waals surface area contributed by atoms with Gasteiger partial charge < -0.3 is 19.7 Å². The molecular weight excluding hydrogens is 353 g/mol. The van der Waals surface area contributed by atoms with Gasteiger partial charge in [0.05, 0.1) is 16.9 Å². The molecule has 144 valence electrons. The highest BCUT2D eigenvalue weighted by molar-refractivity contribution is 5.96. The second kappa shape index (κ2) is 8.88. The number of nitrogens with zero attached hydrogens (tertiary/aromatic N) is 1. The van der Waals surface area contributed by atoms with Crippen LogP contribution in [-0.2, 0) is 25.2 Å². The number of rotatable bonds is 7. The zero-order valence-electron chi connectivity index (χ0n) is 14.4. The topological polar surface area (TPSA) is 67.9 Å². The van der Waals surface area contributed by atoms with Gasteiger partial charge in [0.1, 0.15) is 6.61 Å². The second-order valence-electron chi connectivity index (χ2n) is 5.77. The van der Waals surface area contributed by atoms with Gasteiger partial charge >= 0.3 is 12.1 Å². The Morgan fingerprint density at radius 3 is 2.50 bits per heavy atom. The molecular formula is C17H21F3N2O4. The standard InChI is InChI=1S/C17H21F3N2O4/c1-2-25-11-16(24)26-10-15(23)21-13-9-12(17(18,19)20)5-6-14(13)22-7-3-4-8-22/h5-6,9H,2-4,7-8,10-11H2,1H3,(H,21,23). The molecule has 1 heterocycles. The normalized spacial score (nSPS) is 14.4. The molecule has 0 aliphatic carbocycles. The zero-order chi connectivity index (χ0) is 19.2. The van der Waals surface area contributed by atoms with Gasteiger partial charge in [-0.15, -0.1) is 0 Å². The minimum absolute atomic E-state index is 0.0487. The maximum Gasteiger partial charge on any atom is 0.416 e. The molecule has 1 aromatic rings. The summed E-state index contributed by atoms with van der Waals surface area (Å²) in [7, 11) is 0. The molecule has 0 radical (unpaired) electrons. The summed E-state index contributed by atoms with van der Waals surface area (Å²) in [6, 6.07) is 3.24. The number of anilines is 2. The molecule has 0 unspecified atom stereocenters. The van der Waals surface area contributed by atoms with E-state index in [0.717, 1.165) is 25.0 Å². The molecule has 0 aromatic heterocycles. The first-order valence-corrected chi connectivity index (χ1v) is 8.30. The van der Waals surface area contributed by atoms with Gasteiger partial charge in [0.2, 0.25) is 0 Å².